The number of allylic oxidation sites excluding steroid dienone is 1. The topological polar surface area (TPSA) is 61.8 Å². The summed E-state index contributed by atoms with van der Waals surface area (Å²) in [5.41, 5.74) is 0.527. The maximum Gasteiger partial charge on any atom is 0.372 e. The van der Waals surface area contributed by atoms with E-state index in [0.29, 0.717) is 12.0 Å². The highest BCUT2D eigenvalue weighted by atomic mass is 16.6. The van der Waals surface area contributed by atoms with Gasteiger partial charge in [-0.25, -0.2) is 9.59 Å². The van der Waals surface area contributed by atoms with E-state index in [0.717, 1.165) is 0 Å². The molecule has 0 radical (unpaired) electrons. The zero-order valence-corrected chi connectivity index (χ0v) is 16.1. The highest BCUT2D eigenvalue weighted by Crippen LogP contribution is 2.35. The first-order chi connectivity index (χ1) is 12.4. The lowest BCUT2D eigenvalue weighted by atomic mass is 9.80. The molecule has 0 amide bonds. The summed E-state index contributed by atoms with van der Waals surface area (Å²) in [5, 5.41) is 0. The number of benzene rings is 1. The van der Waals surface area contributed by atoms with Crippen LogP contribution in [0.25, 0.3) is 0 Å². The number of rotatable bonds is 6. The summed E-state index contributed by atoms with van der Waals surface area (Å²) in [4.78, 5) is 24.3. The van der Waals surface area contributed by atoms with E-state index in [4.69, 9.17) is 14.2 Å². The number of esters is 2. The molecule has 1 heterocycles. The van der Waals surface area contributed by atoms with E-state index in [2.05, 4.69) is 6.92 Å². The van der Waals surface area contributed by atoms with Crippen molar-refractivity contribution in [1.29, 1.82) is 0 Å². The van der Waals surface area contributed by atoms with E-state index in [9.17, 15) is 9.59 Å². The van der Waals surface area contributed by atoms with Gasteiger partial charge in [0.25, 0.3) is 0 Å². The SMILES string of the molecule is CC[C@@H](OC(=O)c1ccccc1)[C@@H](C)C1OC(C(=O)OC)=CC(C)[C@H]1C. The predicted molar refractivity (Wildman–Crippen MR) is 98.4 cm³/mol. The van der Waals surface area contributed by atoms with Crippen LogP contribution in [0.4, 0.5) is 0 Å². The van der Waals surface area contributed by atoms with Crippen molar-refractivity contribution in [3.05, 3.63) is 47.7 Å². The molecule has 0 saturated carbocycles. The largest absolute Gasteiger partial charge is 0.483 e. The fourth-order valence-electron chi connectivity index (χ4n) is 3.34. The van der Waals surface area contributed by atoms with Gasteiger partial charge in [0.05, 0.1) is 12.7 Å². The van der Waals surface area contributed by atoms with Crippen LogP contribution in [0.15, 0.2) is 42.2 Å². The molecule has 0 fully saturated rings. The summed E-state index contributed by atoms with van der Waals surface area (Å²) >= 11 is 0. The van der Waals surface area contributed by atoms with Crippen molar-refractivity contribution in [2.75, 3.05) is 7.11 Å². The molecule has 5 heteroatoms. The normalized spacial score (nSPS) is 24.7. The summed E-state index contributed by atoms with van der Waals surface area (Å²) in [6.45, 7) is 8.11. The Bertz CT molecular complexity index is 652. The van der Waals surface area contributed by atoms with Crippen molar-refractivity contribution in [3.8, 4) is 0 Å². The van der Waals surface area contributed by atoms with Gasteiger partial charge in [0.1, 0.15) is 12.2 Å². The van der Waals surface area contributed by atoms with E-state index >= 15 is 0 Å². The Labute approximate surface area is 155 Å². The minimum atomic E-state index is -0.477. The smallest absolute Gasteiger partial charge is 0.372 e. The van der Waals surface area contributed by atoms with Gasteiger partial charge in [-0.05, 0) is 36.5 Å². The van der Waals surface area contributed by atoms with Gasteiger partial charge in [0.2, 0.25) is 5.76 Å². The summed E-state index contributed by atoms with van der Waals surface area (Å²) in [6, 6.07) is 8.94. The quantitative estimate of drug-likeness (QED) is 0.718. The van der Waals surface area contributed by atoms with Crippen LogP contribution in [0, 0.1) is 17.8 Å². The highest BCUT2D eigenvalue weighted by molar-refractivity contribution is 5.89. The Hall–Kier alpha value is -2.30. The molecule has 5 nitrogen and oxygen atoms in total. The predicted octanol–water partition coefficient (Wildman–Crippen LogP) is 3.99. The first kappa shape index (κ1) is 20.0. The Morgan fingerprint density at radius 3 is 2.38 bits per heavy atom. The van der Waals surface area contributed by atoms with E-state index in [1.54, 1.807) is 18.2 Å². The molecule has 2 unspecified atom stereocenters. The fraction of sp³-hybridized carbons (Fsp3) is 0.524. The van der Waals surface area contributed by atoms with Gasteiger partial charge in [-0.15, -0.1) is 0 Å². The molecule has 0 N–H and O–H groups in total. The molecule has 0 spiro atoms. The van der Waals surface area contributed by atoms with Gasteiger partial charge in [0.15, 0.2) is 0 Å². The number of hydrogen-bond acceptors (Lipinski definition) is 5. The van der Waals surface area contributed by atoms with Crippen molar-refractivity contribution < 1.29 is 23.8 Å². The third-order valence-electron chi connectivity index (χ3n) is 5.19. The molecule has 1 aromatic rings. The summed E-state index contributed by atoms with van der Waals surface area (Å²) in [7, 11) is 1.34. The molecule has 1 aliphatic rings. The molecular weight excluding hydrogens is 332 g/mol. The lowest BCUT2D eigenvalue weighted by molar-refractivity contribution is -0.145. The first-order valence-corrected chi connectivity index (χ1v) is 9.11. The van der Waals surface area contributed by atoms with Crippen molar-refractivity contribution >= 4 is 11.9 Å². The number of carbonyl (C=O) groups is 2. The zero-order valence-electron chi connectivity index (χ0n) is 16.1. The van der Waals surface area contributed by atoms with Crippen LogP contribution < -0.4 is 0 Å². The number of carbonyl (C=O) groups excluding carboxylic acids is 2. The van der Waals surface area contributed by atoms with E-state index in [1.807, 2.05) is 39.0 Å². The molecule has 1 aliphatic heterocycles. The second-order valence-electron chi connectivity index (χ2n) is 6.90. The van der Waals surface area contributed by atoms with E-state index in [-0.39, 0.29) is 41.7 Å². The monoisotopic (exact) mass is 360 g/mol. The minimum Gasteiger partial charge on any atom is -0.483 e. The van der Waals surface area contributed by atoms with Gasteiger partial charge in [-0.1, -0.05) is 45.9 Å². The lowest BCUT2D eigenvalue weighted by Gasteiger charge is -2.39. The molecular formula is C21H28O5. The maximum atomic E-state index is 12.4. The molecule has 142 valence electrons. The zero-order chi connectivity index (χ0) is 19.3. The Kier molecular flexibility index (Phi) is 6.83. The van der Waals surface area contributed by atoms with Crippen molar-refractivity contribution in [2.24, 2.45) is 17.8 Å². The summed E-state index contributed by atoms with van der Waals surface area (Å²) < 4.78 is 16.5. The Morgan fingerprint density at radius 1 is 1.15 bits per heavy atom. The second-order valence-corrected chi connectivity index (χ2v) is 6.90. The molecule has 26 heavy (non-hydrogen) atoms. The maximum absolute atomic E-state index is 12.4. The van der Waals surface area contributed by atoms with Gasteiger partial charge in [-0.3, -0.25) is 0 Å². The fourth-order valence-corrected chi connectivity index (χ4v) is 3.34. The molecule has 0 aromatic heterocycles. The third-order valence-corrected chi connectivity index (χ3v) is 5.19. The van der Waals surface area contributed by atoms with Crippen molar-refractivity contribution in [1.82, 2.24) is 0 Å². The van der Waals surface area contributed by atoms with Gasteiger partial charge in [-0.2, -0.15) is 0 Å². The molecule has 1 aromatic carbocycles. The van der Waals surface area contributed by atoms with Crippen LogP contribution in [-0.4, -0.2) is 31.3 Å². The highest BCUT2D eigenvalue weighted by Gasteiger charge is 2.39. The van der Waals surface area contributed by atoms with Gasteiger partial charge in [0, 0.05) is 5.92 Å². The third kappa shape index (κ3) is 4.45. The van der Waals surface area contributed by atoms with Crippen LogP contribution >= 0.6 is 0 Å². The van der Waals surface area contributed by atoms with Crippen LogP contribution in [0.2, 0.25) is 0 Å². The first-order valence-electron chi connectivity index (χ1n) is 9.11. The van der Waals surface area contributed by atoms with Gasteiger partial charge < -0.3 is 14.2 Å². The molecule has 0 bridgehead atoms. The standard InChI is InChI=1S/C21H28O5/c1-6-17(26-20(22)16-10-8-7-9-11-16)15(4)19-14(3)13(2)12-18(25-19)21(23)24-5/h7-15,17,19H,6H2,1-5H3/t13?,14-,15-,17-,19?/m1/s1. The number of ether oxygens (including phenoxy) is 3. The number of hydrogen-bond donors (Lipinski definition) is 0. The van der Waals surface area contributed by atoms with Crippen LogP contribution in [0.1, 0.15) is 44.5 Å². The second kappa shape index (κ2) is 8.88. The van der Waals surface area contributed by atoms with Crippen LogP contribution in [-0.2, 0) is 19.0 Å². The van der Waals surface area contributed by atoms with E-state index in [1.165, 1.54) is 7.11 Å². The lowest BCUT2D eigenvalue weighted by Crippen LogP contribution is -2.42. The minimum absolute atomic E-state index is 0.0709. The van der Waals surface area contributed by atoms with Crippen molar-refractivity contribution in [2.45, 2.75) is 46.3 Å². The van der Waals surface area contributed by atoms with E-state index < -0.39 is 5.97 Å². The average molecular weight is 360 g/mol. The van der Waals surface area contributed by atoms with Crippen LogP contribution in [0.3, 0.4) is 0 Å². The molecule has 0 saturated heterocycles. The summed E-state index contributed by atoms with van der Waals surface area (Å²) in [6.07, 6.45) is 1.92. The summed E-state index contributed by atoms with van der Waals surface area (Å²) in [5.74, 6) is -0.312. The Balaban J connectivity index is 2.13. The average Bonchev–Trinajstić information content (AvgIpc) is 2.67. The van der Waals surface area contributed by atoms with Gasteiger partial charge >= 0.3 is 11.9 Å². The molecule has 5 atom stereocenters. The number of methoxy groups -OCH3 is 1. The van der Waals surface area contributed by atoms with Crippen LogP contribution in [0.5, 0.6) is 0 Å². The molecule has 0 aliphatic carbocycles. The van der Waals surface area contributed by atoms with Crippen molar-refractivity contribution in [3.63, 3.8) is 0 Å². The molecule has 2 rings (SSSR count). The Morgan fingerprint density at radius 2 is 1.81 bits per heavy atom.